The van der Waals surface area contributed by atoms with Gasteiger partial charge in [0, 0.05) is 29.4 Å². The second-order valence-electron chi connectivity index (χ2n) is 7.25. The molecular weight excluding hydrogens is 310 g/mol. The third-order valence-corrected chi connectivity index (χ3v) is 5.65. The third-order valence-electron chi connectivity index (χ3n) is 5.65. The van der Waals surface area contributed by atoms with Crippen LogP contribution in [0.15, 0.2) is 30.6 Å². The molecule has 1 fully saturated rings. The van der Waals surface area contributed by atoms with E-state index in [9.17, 15) is 0 Å². The average molecular weight is 333 g/mol. The summed E-state index contributed by atoms with van der Waals surface area (Å²) in [5, 5.41) is 4.87. The lowest BCUT2D eigenvalue weighted by molar-refractivity contribution is 0.109. The van der Waals surface area contributed by atoms with Crippen LogP contribution in [-0.4, -0.2) is 23.1 Å². The Hall–Kier alpha value is -2.17. The van der Waals surface area contributed by atoms with Crippen molar-refractivity contribution in [3.8, 4) is 11.1 Å². The average Bonchev–Trinajstić information content (AvgIpc) is 3.31. The summed E-state index contributed by atoms with van der Waals surface area (Å²) in [7, 11) is 0. The monoisotopic (exact) mass is 333 g/mol. The van der Waals surface area contributed by atoms with Crippen molar-refractivity contribution in [2.75, 3.05) is 13.2 Å². The number of ether oxygens (including phenoxy) is 1. The van der Waals surface area contributed by atoms with Crippen molar-refractivity contribution in [1.29, 1.82) is 0 Å². The first-order valence-electron chi connectivity index (χ1n) is 9.20. The van der Waals surface area contributed by atoms with E-state index < -0.39 is 0 Å². The molecule has 4 nitrogen and oxygen atoms in total. The minimum atomic E-state index is 0.459. The van der Waals surface area contributed by atoms with Gasteiger partial charge in [-0.15, -0.1) is 0 Å². The molecule has 5 rings (SSSR count). The quantitative estimate of drug-likeness (QED) is 0.744. The third kappa shape index (κ3) is 2.57. The van der Waals surface area contributed by atoms with E-state index in [1.165, 1.54) is 51.6 Å². The Labute approximate surface area is 147 Å². The number of nitrogens with one attached hydrogen (secondary N) is 2. The lowest BCUT2D eigenvalue weighted by atomic mass is 9.88. The summed E-state index contributed by atoms with van der Waals surface area (Å²) in [6, 6.07) is 7.44. The van der Waals surface area contributed by atoms with Gasteiger partial charge in [0.2, 0.25) is 0 Å². The number of pyridine rings is 1. The molecule has 1 saturated heterocycles. The standard InChI is InChI=1S/C21H23N3O/c1-13-10-23-21-17(13)9-16(11-24-21)15-7-14-4-6-25-12-19(14)18(8-15)20-3-2-5-22-20/h7-11,20,22H,2-6,12H2,1H3,(H,23,24)/t20-/m1/s1. The second kappa shape index (κ2) is 5.97. The topological polar surface area (TPSA) is 49.9 Å². The number of aromatic nitrogens is 2. The molecule has 3 aromatic rings. The fraction of sp³-hybridized carbons (Fsp3) is 0.381. The number of hydrogen-bond donors (Lipinski definition) is 2. The first-order valence-corrected chi connectivity index (χ1v) is 9.20. The van der Waals surface area contributed by atoms with Crippen LogP contribution in [0, 0.1) is 6.92 Å². The van der Waals surface area contributed by atoms with Crippen molar-refractivity contribution >= 4 is 11.0 Å². The molecule has 0 radical (unpaired) electrons. The summed E-state index contributed by atoms with van der Waals surface area (Å²) in [6.45, 7) is 4.81. The summed E-state index contributed by atoms with van der Waals surface area (Å²) in [5.74, 6) is 0. The number of nitrogens with zero attached hydrogens (tertiary/aromatic N) is 1. The Morgan fingerprint density at radius 1 is 1.20 bits per heavy atom. The number of aromatic amines is 1. The van der Waals surface area contributed by atoms with Crippen molar-refractivity contribution in [2.45, 2.75) is 38.8 Å². The van der Waals surface area contributed by atoms with Crippen molar-refractivity contribution < 1.29 is 4.74 Å². The van der Waals surface area contributed by atoms with Crippen LogP contribution in [0.2, 0.25) is 0 Å². The predicted octanol–water partition coefficient (Wildman–Crippen LogP) is 4.04. The van der Waals surface area contributed by atoms with E-state index in [1.807, 2.05) is 12.4 Å². The Morgan fingerprint density at radius 3 is 3.04 bits per heavy atom. The molecular formula is C21H23N3O. The number of H-pyrrole nitrogens is 1. The Morgan fingerprint density at radius 2 is 2.16 bits per heavy atom. The molecule has 1 atom stereocenters. The zero-order valence-electron chi connectivity index (χ0n) is 14.6. The van der Waals surface area contributed by atoms with Crippen LogP contribution >= 0.6 is 0 Å². The van der Waals surface area contributed by atoms with E-state index in [1.54, 1.807) is 0 Å². The Bertz CT molecular complexity index is 938. The number of rotatable bonds is 2. The maximum atomic E-state index is 5.76. The van der Waals surface area contributed by atoms with Crippen LogP contribution in [0.25, 0.3) is 22.2 Å². The number of hydrogen-bond acceptors (Lipinski definition) is 3. The van der Waals surface area contributed by atoms with E-state index in [2.05, 4.69) is 40.4 Å². The van der Waals surface area contributed by atoms with Gasteiger partial charge in [-0.25, -0.2) is 4.98 Å². The summed E-state index contributed by atoms with van der Waals surface area (Å²) >= 11 is 0. The molecule has 4 heterocycles. The first-order chi connectivity index (χ1) is 12.3. The normalized spacial score (nSPS) is 20.1. The summed E-state index contributed by atoms with van der Waals surface area (Å²) < 4.78 is 5.76. The van der Waals surface area contributed by atoms with Gasteiger partial charge in [-0.05, 0) is 72.7 Å². The molecule has 4 heteroatoms. The number of fused-ring (bicyclic) bond motifs is 2. The van der Waals surface area contributed by atoms with Gasteiger partial charge in [-0.1, -0.05) is 6.07 Å². The molecule has 2 aromatic heterocycles. The van der Waals surface area contributed by atoms with Crippen LogP contribution in [0.3, 0.4) is 0 Å². The van der Waals surface area contributed by atoms with Crippen molar-refractivity contribution in [3.05, 3.63) is 52.8 Å². The molecule has 0 aliphatic carbocycles. The van der Waals surface area contributed by atoms with Crippen molar-refractivity contribution in [3.63, 3.8) is 0 Å². The molecule has 25 heavy (non-hydrogen) atoms. The molecule has 1 aromatic carbocycles. The van der Waals surface area contributed by atoms with Gasteiger partial charge in [-0.3, -0.25) is 0 Å². The van der Waals surface area contributed by atoms with E-state index in [-0.39, 0.29) is 0 Å². The lowest BCUT2D eigenvalue weighted by Crippen LogP contribution is -2.19. The number of benzene rings is 1. The molecule has 2 aliphatic heterocycles. The fourth-order valence-corrected chi connectivity index (χ4v) is 4.23. The highest BCUT2D eigenvalue weighted by Crippen LogP contribution is 2.35. The maximum Gasteiger partial charge on any atom is 0.137 e. The van der Waals surface area contributed by atoms with Gasteiger partial charge in [0.05, 0.1) is 13.2 Å². The van der Waals surface area contributed by atoms with E-state index in [0.29, 0.717) is 6.04 Å². The zero-order valence-corrected chi connectivity index (χ0v) is 14.6. The van der Waals surface area contributed by atoms with Gasteiger partial charge < -0.3 is 15.0 Å². The molecule has 0 spiro atoms. The van der Waals surface area contributed by atoms with Gasteiger partial charge in [0.15, 0.2) is 0 Å². The summed E-state index contributed by atoms with van der Waals surface area (Å²) in [4.78, 5) is 7.86. The molecule has 0 saturated carbocycles. The summed E-state index contributed by atoms with van der Waals surface area (Å²) in [6.07, 6.45) is 7.48. The predicted molar refractivity (Wildman–Crippen MR) is 99.6 cm³/mol. The van der Waals surface area contributed by atoms with Crippen LogP contribution in [0.4, 0.5) is 0 Å². The van der Waals surface area contributed by atoms with E-state index >= 15 is 0 Å². The minimum Gasteiger partial charge on any atom is -0.376 e. The number of aryl methyl sites for hydroxylation is 1. The van der Waals surface area contributed by atoms with Crippen LogP contribution in [0.5, 0.6) is 0 Å². The highest BCUT2D eigenvalue weighted by Gasteiger charge is 2.24. The minimum absolute atomic E-state index is 0.459. The summed E-state index contributed by atoms with van der Waals surface area (Å²) in [5.41, 5.74) is 8.96. The molecule has 2 aliphatic rings. The molecule has 0 amide bonds. The zero-order chi connectivity index (χ0) is 16.8. The highest BCUT2D eigenvalue weighted by atomic mass is 16.5. The second-order valence-corrected chi connectivity index (χ2v) is 7.25. The molecule has 0 unspecified atom stereocenters. The van der Waals surface area contributed by atoms with Gasteiger partial charge in [0.1, 0.15) is 5.65 Å². The Kier molecular flexibility index (Phi) is 3.61. The van der Waals surface area contributed by atoms with Crippen LogP contribution in [-0.2, 0) is 17.8 Å². The fourth-order valence-electron chi connectivity index (χ4n) is 4.23. The smallest absolute Gasteiger partial charge is 0.137 e. The van der Waals surface area contributed by atoms with Gasteiger partial charge in [0.25, 0.3) is 0 Å². The Balaban J connectivity index is 1.66. The van der Waals surface area contributed by atoms with E-state index in [4.69, 9.17) is 4.74 Å². The van der Waals surface area contributed by atoms with Crippen molar-refractivity contribution in [2.24, 2.45) is 0 Å². The van der Waals surface area contributed by atoms with E-state index in [0.717, 1.165) is 31.8 Å². The molecule has 128 valence electrons. The highest BCUT2D eigenvalue weighted by molar-refractivity contribution is 5.84. The van der Waals surface area contributed by atoms with Gasteiger partial charge >= 0.3 is 0 Å². The van der Waals surface area contributed by atoms with Crippen LogP contribution in [0.1, 0.15) is 41.1 Å². The molecule has 2 N–H and O–H groups in total. The van der Waals surface area contributed by atoms with Gasteiger partial charge in [-0.2, -0.15) is 0 Å². The molecule has 0 bridgehead atoms. The first kappa shape index (κ1) is 15.1. The maximum absolute atomic E-state index is 5.76. The SMILES string of the molecule is Cc1c[nH]c2ncc(-c3cc4c(c([C@H]5CCCN5)c3)COCC4)cc12. The van der Waals surface area contributed by atoms with Crippen LogP contribution < -0.4 is 5.32 Å². The lowest BCUT2D eigenvalue weighted by Gasteiger charge is -2.24. The largest absolute Gasteiger partial charge is 0.376 e. The van der Waals surface area contributed by atoms with Crippen molar-refractivity contribution in [1.82, 2.24) is 15.3 Å².